The third-order valence-electron chi connectivity index (χ3n) is 2.97. The molecule has 1 unspecified atom stereocenters. The van der Waals surface area contributed by atoms with Crippen molar-refractivity contribution >= 4 is 15.7 Å². The Morgan fingerprint density at radius 1 is 1.47 bits per heavy atom. The fraction of sp³-hybridized carbons (Fsp3) is 0.700. The second kappa shape index (κ2) is 4.66. The molecular formula is C10H18N4O2S. The molecule has 1 aliphatic rings. The average molecular weight is 258 g/mol. The number of H-pyrrole nitrogens is 1. The first-order valence-electron chi connectivity index (χ1n) is 5.73. The zero-order chi connectivity index (χ0) is 12.5. The van der Waals surface area contributed by atoms with Gasteiger partial charge in [-0.1, -0.05) is 0 Å². The zero-order valence-corrected chi connectivity index (χ0v) is 10.9. The summed E-state index contributed by atoms with van der Waals surface area (Å²) < 4.78 is 26.5. The predicted octanol–water partition coefficient (Wildman–Crippen LogP) is 0.520. The second-order valence-corrected chi connectivity index (χ2v) is 6.25. The van der Waals surface area contributed by atoms with Crippen LogP contribution in [0.1, 0.15) is 24.2 Å². The molecule has 0 aromatic carbocycles. The maximum atomic E-state index is 12.0. The van der Waals surface area contributed by atoms with Crippen molar-refractivity contribution in [3.63, 3.8) is 0 Å². The van der Waals surface area contributed by atoms with Crippen LogP contribution in [-0.2, 0) is 10.0 Å². The molecule has 1 fully saturated rings. The Balaban J connectivity index is 2.06. The van der Waals surface area contributed by atoms with Crippen molar-refractivity contribution in [1.29, 1.82) is 0 Å². The van der Waals surface area contributed by atoms with E-state index in [0.29, 0.717) is 11.4 Å². The van der Waals surface area contributed by atoms with Crippen molar-refractivity contribution in [2.24, 2.45) is 0 Å². The summed E-state index contributed by atoms with van der Waals surface area (Å²) in [5.74, 6) is 0.122. The molecule has 17 heavy (non-hydrogen) atoms. The van der Waals surface area contributed by atoms with Crippen LogP contribution in [0.2, 0.25) is 0 Å². The number of aromatic amines is 1. The monoisotopic (exact) mass is 258 g/mol. The molecule has 1 atom stereocenters. The van der Waals surface area contributed by atoms with Gasteiger partial charge >= 0.3 is 0 Å². The largest absolute Gasteiger partial charge is 0.313 e. The van der Waals surface area contributed by atoms with Gasteiger partial charge in [-0.15, -0.1) is 0 Å². The van der Waals surface area contributed by atoms with Gasteiger partial charge in [0.05, 0.1) is 22.8 Å². The van der Waals surface area contributed by atoms with E-state index in [4.69, 9.17) is 0 Å². The van der Waals surface area contributed by atoms with Gasteiger partial charge in [-0.3, -0.25) is 9.82 Å². The molecule has 7 heteroatoms. The molecule has 6 nitrogen and oxygen atoms in total. The molecule has 0 saturated carbocycles. The maximum absolute atomic E-state index is 12.0. The fourth-order valence-corrected chi connectivity index (χ4v) is 3.57. The summed E-state index contributed by atoms with van der Waals surface area (Å²) in [4.78, 5) is 0. The number of anilines is 1. The van der Waals surface area contributed by atoms with E-state index in [0.717, 1.165) is 25.1 Å². The molecule has 2 rings (SSSR count). The van der Waals surface area contributed by atoms with Crippen LogP contribution in [-0.4, -0.2) is 37.0 Å². The number of nitrogens with one attached hydrogen (secondary N) is 3. The first-order valence-corrected chi connectivity index (χ1v) is 7.38. The summed E-state index contributed by atoms with van der Waals surface area (Å²) in [5, 5.41) is 9.90. The van der Waals surface area contributed by atoms with E-state index >= 15 is 0 Å². The van der Waals surface area contributed by atoms with E-state index in [2.05, 4.69) is 20.2 Å². The Labute approximate surface area is 101 Å². The van der Waals surface area contributed by atoms with Gasteiger partial charge in [0.1, 0.15) is 0 Å². The minimum atomic E-state index is -3.31. The number of sulfonamides is 1. The van der Waals surface area contributed by atoms with Crippen LogP contribution in [0.25, 0.3) is 0 Å². The molecule has 0 aliphatic carbocycles. The Morgan fingerprint density at radius 3 is 2.76 bits per heavy atom. The highest BCUT2D eigenvalue weighted by molar-refractivity contribution is 7.92. The van der Waals surface area contributed by atoms with Crippen LogP contribution in [0.15, 0.2) is 0 Å². The lowest BCUT2D eigenvalue weighted by molar-refractivity contribution is 0.581. The van der Waals surface area contributed by atoms with E-state index < -0.39 is 10.0 Å². The predicted molar refractivity (Wildman–Crippen MR) is 66.5 cm³/mol. The molecular weight excluding hydrogens is 240 g/mol. The number of hydrogen-bond acceptors (Lipinski definition) is 4. The number of hydrogen-bond donors (Lipinski definition) is 3. The van der Waals surface area contributed by atoms with E-state index in [1.165, 1.54) is 0 Å². The topological polar surface area (TPSA) is 86.9 Å². The first kappa shape index (κ1) is 12.4. The molecule has 1 aliphatic heterocycles. The van der Waals surface area contributed by atoms with E-state index in [1.807, 2.05) is 0 Å². The number of nitrogens with zero attached hydrogens (tertiary/aromatic N) is 1. The SMILES string of the molecule is Cc1n[nH]c(C)c1NS(=O)(=O)CC1CCCN1. The van der Waals surface area contributed by atoms with Gasteiger partial charge in [0, 0.05) is 6.04 Å². The highest BCUT2D eigenvalue weighted by Gasteiger charge is 2.23. The average Bonchev–Trinajstić information content (AvgIpc) is 2.82. The number of aromatic nitrogens is 2. The summed E-state index contributed by atoms with van der Waals surface area (Å²) in [6, 6.07) is 0.0695. The van der Waals surface area contributed by atoms with Crippen molar-refractivity contribution in [3.05, 3.63) is 11.4 Å². The molecule has 96 valence electrons. The quantitative estimate of drug-likeness (QED) is 0.735. The van der Waals surface area contributed by atoms with Gasteiger partial charge in [0.2, 0.25) is 10.0 Å². The van der Waals surface area contributed by atoms with Crippen molar-refractivity contribution in [3.8, 4) is 0 Å². The van der Waals surface area contributed by atoms with Crippen LogP contribution in [0.3, 0.4) is 0 Å². The van der Waals surface area contributed by atoms with Crippen LogP contribution >= 0.6 is 0 Å². The molecule has 1 saturated heterocycles. The van der Waals surface area contributed by atoms with Crippen LogP contribution < -0.4 is 10.0 Å². The van der Waals surface area contributed by atoms with Crippen LogP contribution in [0, 0.1) is 13.8 Å². The van der Waals surface area contributed by atoms with Gasteiger partial charge in [-0.05, 0) is 33.2 Å². The second-order valence-electron chi connectivity index (χ2n) is 4.49. The van der Waals surface area contributed by atoms with Gasteiger partial charge in [0.25, 0.3) is 0 Å². The third-order valence-corrected chi connectivity index (χ3v) is 4.32. The molecule has 1 aromatic rings. The third kappa shape index (κ3) is 2.98. The van der Waals surface area contributed by atoms with E-state index in [1.54, 1.807) is 13.8 Å². The molecule has 2 heterocycles. The van der Waals surface area contributed by atoms with Crippen molar-refractivity contribution < 1.29 is 8.42 Å². The summed E-state index contributed by atoms with van der Waals surface area (Å²) in [6.45, 7) is 4.48. The Morgan fingerprint density at radius 2 is 2.24 bits per heavy atom. The Hall–Kier alpha value is -1.08. The molecule has 0 bridgehead atoms. The van der Waals surface area contributed by atoms with Crippen molar-refractivity contribution in [2.45, 2.75) is 32.7 Å². The van der Waals surface area contributed by atoms with Gasteiger partial charge in [-0.2, -0.15) is 5.10 Å². The Kier molecular flexibility index (Phi) is 3.39. The van der Waals surface area contributed by atoms with Crippen molar-refractivity contribution in [1.82, 2.24) is 15.5 Å². The normalized spacial score (nSPS) is 20.7. The zero-order valence-electron chi connectivity index (χ0n) is 10.1. The minimum Gasteiger partial charge on any atom is -0.313 e. The smallest absolute Gasteiger partial charge is 0.234 e. The highest BCUT2D eigenvalue weighted by atomic mass is 32.2. The molecule has 3 N–H and O–H groups in total. The standard InChI is InChI=1S/C10H18N4O2S/c1-7-10(8(2)13-12-7)14-17(15,16)6-9-4-3-5-11-9/h9,11,14H,3-6H2,1-2H3,(H,12,13). The summed E-state index contributed by atoms with van der Waals surface area (Å²) in [7, 11) is -3.31. The lowest BCUT2D eigenvalue weighted by Crippen LogP contribution is -2.33. The van der Waals surface area contributed by atoms with Gasteiger partial charge in [-0.25, -0.2) is 8.42 Å². The minimum absolute atomic E-state index is 0.0695. The van der Waals surface area contributed by atoms with Crippen LogP contribution in [0.4, 0.5) is 5.69 Å². The van der Waals surface area contributed by atoms with Crippen LogP contribution in [0.5, 0.6) is 0 Å². The number of rotatable bonds is 4. The van der Waals surface area contributed by atoms with E-state index in [9.17, 15) is 8.42 Å². The Bertz CT molecular complexity index is 469. The molecule has 0 radical (unpaired) electrons. The molecule has 1 aromatic heterocycles. The summed E-state index contributed by atoms with van der Waals surface area (Å²) >= 11 is 0. The molecule has 0 spiro atoms. The highest BCUT2D eigenvalue weighted by Crippen LogP contribution is 2.18. The molecule has 0 amide bonds. The van der Waals surface area contributed by atoms with Gasteiger partial charge < -0.3 is 5.32 Å². The summed E-state index contributed by atoms with van der Waals surface area (Å²) in [6.07, 6.45) is 1.97. The fourth-order valence-electron chi connectivity index (χ4n) is 2.06. The lowest BCUT2D eigenvalue weighted by atomic mass is 10.3. The summed E-state index contributed by atoms with van der Waals surface area (Å²) in [5.41, 5.74) is 1.99. The number of aryl methyl sites for hydroxylation is 2. The van der Waals surface area contributed by atoms with E-state index in [-0.39, 0.29) is 11.8 Å². The maximum Gasteiger partial charge on any atom is 0.234 e. The van der Waals surface area contributed by atoms with Gasteiger partial charge in [0.15, 0.2) is 0 Å². The first-order chi connectivity index (χ1) is 7.98. The lowest BCUT2D eigenvalue weighted by Gasteiger charge is -2.12. The van der Waals surface area contributed by atoms with Crippen molar-refractivity contribution in [2.75, 3.05) is 17.0 Å².